The first-order valence-corrected chi connectivity index (χ1v) is 9.39. The van der Waals surface area contributed by atoms with Gasteiger partial charge in [0.15, 0.2) is 0 Å². The van der Waals surface area contributed by atoms with Crippen LogP contribution in [0.1, 0.15) is 11.1 Å². The van der Waals surface area contributed by atoms with E-state index in [9.17, 15) is 8.42 Å². The van der Waals surface area contributed by atoms with Gasteiger partial charge in [0, 0.05) is 12.2 Å². The molecular weight excluding hydrogens is 372 g/mol. The van der Waals surface area contributed by atoms with Crippen LogP contribution in [0.5, 0.6) is 0 Å². The van der Waals surface area contributed by atoms with Crippen LogP contribution in [0.3, 0.4) is 0 Å². The van der Waals surface area contributed by atoms with Crippen LogP contribution in [0.15, 0.2) is 38.3 Å². The minimum atomic E-state index is -3.54. The molecule has 0 aliphatic heterocycles. The van der Waals surface area contributed by atoms with Gasteiger partial charge in [0.05, 0.1) is 3.79 Å². The standard InChI is InChI=1S/C14H17BrN2O2S2/c1-10-7-13(20-14(10)15)21(18,19)16-12-6-4-5-11(8-12)9-17(2)3/h4-8,16H,9H2,1-3H3. The number of nitrogens with zero attached hydrogens (tertiary/aromatic N) is 1. The molecule has 0 aliphatic carbocycles. The average molecular weight is 389 g/mol. The van der Waals surface area contributed by atoms with Crippen LogP contribution in [0, 0.1) is 6.92 Å². The molecule has 1 aromatic carbocycles. The third-order valence-corrected chi connectivity index (χ3v) is 6.77. The van der Waals surface area contributed by atoms with Gasteiger partial charge in [-0.3, -0.25) is 4.72 Å². The van der Waals surface area contributed by atoms with Crippen molar-refractivity contribution in [3.8, 4) is 0 Å². The molecule has 4 nitrogen and oxygen atoms in total. The average Bonchev–Trinajstić information content (AvgIpc) is 2.69. The Labute approximate surface area is 138 Å². The summed E-state index contributed by atoms with van der Waals surface area (Å²) in [7, 11) is 0.415. The molecule has 114 valence electrons. The zero-order valence-electron chi connectivity index (χ0n) is 12.1. The molecule has 0 amide bonds. The number of sulfonamides is 1. The highest BCUT2D eigenvalue weighted by Crippen LogP contribution is 2.31. The third kappa shape index (κ3) is 4.29. The molecule has 21 heavy (non-hydrogen) atoms. The highest BCUT2D eigenvalue weighted by Gasteiger charge is 2.18. The summed E-state index contributed by atoms with van der Waals surface area (Å²) in [6.45, 7) is 2.64. The summed E-state index contributed by atoms with van der Waals surface area (Å²) < 4.78 is 28.5. The van der Waals surface area contributed by atoms with Gasteiger partial charge in [0.25, 0.3) is 10.0 Å². The van der Waals surface area contributed by atoms with Gasteiger partial charge in [-0.05, 0) is 66.3 Å². The van der Waals surface area contributed by atoms with Gasteiger partial charge in [-0.25, -0.2) is 8.42 Å². The lowest BCUT2D eigenvalue weighted by atomic mass is 10.2. The number of hydrogen-bond donors (Lipinski definition) is 1. The van der Waals surface area contributed by atoms with Gasteiger partial charge in [-0.1, -0.05) is 12.1 Å². The molecule has 0 bridgehead atoms. The quantitative estimate of drug-likeness (QED) is 0.849. The Morgan fingerprint density at radius 2 is 2.00 bits per heavy atom. The van der Waals surface area contributed by atoms with E-state index < -0.39 is 10.0 Å². The van der Waals surface area contributed by atoms with Crippen molar-refractivity contribution in [3.05, 3.63) is 45.2 Å². The van der Waals surface area contributed by atoms with Crippen molar-refractivity contribution in [2.75, 3.05) is 18.8 Å². The van der Waals surface area contributed by atoms with Crippen LogP contribution >= 0.6 is 27.3 Å². The van der Waals surface area contributed by atoms with Crippen LogP contribution in [0.2, 0.25) is 0 Å². The van der Waals surface area contributed by atoms with E-state index in [2.05, 4.69) is 20.7 Å². The molecule has 0 saturated carbocycles. The largest absolute Gasteiger partial charge is 0.305 e. The van der Waals surface area contributed by atoms with E-state index in [4.69, 9.17) is 0 Å². The van der Waals surface area contributed by atoms with E-state index in [1.807, 2.05) is 44.1 Å². The summed E-state index contributed by atoms with van der Waals surface area (Å²) in [6.07, 6.45) is 0. The fraction of sp³-hybridized carbons (Fsp3) is 0.286. The number of nitrogens with one attached hydrogen (secondary N) is 1. The molecule has 1 N–H and O–H groups in total. The van der Waals surface area contributed by atoms with Gasteiger partial charge in [-0.2, -0.15) is 0 Å². The molecule has 0 atom stereocenters. The zero-order valence-corrected chi connectivity index (χ0v) is 15.3. The molecule has 0 saturated heterocycles. The lowest BCUT2D eigenvalue weighted by Crippen LogP contribution is -2.13. The number of anilines is 1. The summed E-state index contributed by atoms with van der Waals surface area (Å²) in [6, 6.07) is 9.11. The fourth-order valence-electron chi connectivity index (χ4n) is 1.87. The van der Waals surface area contributed by atoms with Crippen molar-refractivity contribution >= 4 is 43.0 Å². The van der Waals surface area contributed by atoms with E-state index in [1.54, 1.807) is 12.1 Å². The topological polar surface area (TPSA) is 49.4 Å². The maximum Gasteiger partial charge on any atom is 0.271 e. The first kappa shape index (κ1) is 16.5. The Balaban J connectivity index is 2.24. The smallest absolute Gasteiger partial charge is 0.271 e. The third-order valence-electron chi connectivity index (χ3n) is 2.78. The van der Waals surface area contributed by atoms with Gasteiger partial charge < -0.3 is 4.90 Å². The molecule has 1 aromatic heterocycles. The molecule has 2 aromatic rings. The van der Waals surface area contributed by atoms with Crippen LogP contribution in [-0.2, 0) is 16.6 Å². The molecule has 0 radical (unpaired) electrons. The maximum absolute atomic E-state index is 12.4. The van der Waals surface area contributed by atoms with Crippen molar-refractivity contribution < 1.29 is 8.42 Å². The summed E-state index contributed by atoms with van der Waals surface area (Å²) in [4.78, 5) is 2.04. The minimum absolute atomic E-state index is 0.310. The van der Waals surface area contributed by atoms with Crippen molar-refractivity contribution in [2.24, 2.45) is 0 Å². The summed E-state index contributed by atoms with van der Waals surface area (Å²) in [5.41, 5.74) is 2.56. The van der Waals surface area contributed by atoms with Gasteiger partial charge in [0.2, 0.25) is 0 Å². The van der Waals surface area contributed by atoms with E-state index >= 15 is 0 Å². The van der Waals surface area contributed by atoms with E-state index in [0.29, 0.717) is 9.90 Å². The highest BCUT2D eigenvalue weighted by molar-refractivity contribution is 9.11. The second-order valence-electron chi connectivity index (χ2n) is 5.07. The van der Waals surface area contributed by atoms with Gasteiger partial charge >= 0.3 is 0 Å². The molecule has 2 rings (SSSR count). The van der Waals surface area contributed by atoms with E-state index in [0.717, 1.165) is 21.5 Å². The first-order chi connectivity index (χ1) is 9.78. The molecule has 0 spiro atoms. The summed E-state index contributed by atoms with van der Waals surface area (Å²) in [5, 5.41) is 0. The monoisotopic (exact) mass is 388 g/mol. The number of benzene rings is 1. The van der Waals surface area contributed by atoms with Crippen molar-refractivity contribution in [1.82, 2.24) is 4.90 Å². The van der Waals surface area contributed by atoms with Crippen molar-refractivity contribution in [3.63, 3.8) is 0 Å². The predicted molar refractivity (Wildman–Crippen MR) is 91.4 cm³/mol. The molecule has 1 heterocycles. The van der Waals surface area contributed by atoms with Crippen molar-refractivity contribution in [2.45, 2.75) is 17.7 Å². The summed E-state index contributed by atoms with van der Waals surface area (Å²) >= 11 is 4.57. The van der Waals surface area contributed by atoms with E-state index in [1.165, 1.54) is 11.3 Å². The van der Waals surface area contributed by atoms with E-state index in [-0.39, 0.29) is 0 Å². The fourth-order valence-corrected chi connectivity index (χ4v) is 5.14. The number of aryl methyl sites for hydroxylation is 1. The molecule has 0 aliphatic rings. The second-order valence-corrected chi connectivity index (χ2v) is 9.35. The summed E-state index contributed by atoms with van der Waals surface area (Å²) in [5.74, 6) is 0. The normalized spacial score (nSPS) is 11.9. The highest BCUT2D eigenvalue weighted by atomic mass is 79.9. The Hall–Kier alpha value is -0.890. The number of rotatable bonds is 5. The van der Waals surface area contributed by atoms with Crippen LogP contribution in [0.25, 0.3) is 0 Å². The molecule has 0 fully saturated rings. The lowest BCUT2D eigenvalue weighted by Gasteiger charge is -2.11. The Kier molecular flexibility index (Phi) is 5.08. The van der Waals surface area contributed by atoms with Gasteiger partial charge in [0.1, 0.15) is 4.21 Å². The Morgan fingerprint density at radius 1 is 1.29 bits per heavy atom. The zero-order chi connectivity index (χ0) is 15.6. The van der Waals surface area contributed by atoms with Crippen molar-refractivity contribution in [1.29, 1.82) is 0 Å². The lowest BCUT2D eigenvalue weighted by molar-refractivity contribution is 0.402. The Bertz CT molecular complexity index is 720. The van der Waals surface area contributed by atoms with Crippen LogP contribution in [0.4, 0.5) is 5.69 Å². The number of hydrogen-bond acceptors (Lipinski definition) is 4. The second kappa shape index (κ2) is 6.48. The molecular formula is C14H17BrN2O2S2. The maximum atomic E-state index is 12.4. The van der Waals surface area contributed by atoms with Crippen LogP contribution in [-0.4, -0.2) is 27.4 Å². The van der Waals surface area contributed by atoms with Crippen LogP contribution < -0.4 is 4.72 Å². The molecule has 0 unspecified atom stereocenters. The number of thiophene rings is 1. The molecule has 7 heteroatoms. The number of halogens is 1. The first-order valence-electron chi connectivity index (χ1n) is 6.30. The SMILES string of the molecule is Cc1cc(S(=O)(=O)Nc2cccc(CN(C)C)c2)sc1Br. The minimum Gasteiger partial charge on any atom is -0.305 e. The van der Waals surface area contributed by atoms with Gasteiger partial charge in [-0.15, -0.1) is 11.3 Å². The predicted octanol–water partition coefficient (Wildman–Crippen LogP) is 3.68. The Morgan fingerprint density at radius 3 is 2.57 bits per heavy atom.